The summed E-state index contributed by atoms with van der Waals surface area (Å²) in [5.74, 6) is -1.12. The van der Waals surface area contributed by atoms with E-state index in [2.05, 4.69) is 5.32 Å². The molecule has 0 heterocycles. The van der Waals surface area contributed by atoms with E-state index in [1.807, 2.05) is 6.92 Å². The largest absolute Gasteiger partial charge is 0.479 e. The molecule has 1 aliphatic rings. The van der Waals surface area contributed by atoms with Gasteiger partial charge in [-0.05, 0) is 18.8 Å². The molecule has 3 atom stereocenters. The molecule has 1 aliphatic carbocycles. The molecule has 1 saturated carbocycles. The fourth-order valence-corrected chi connectivity index (χ4v) is 1.95. The SMILES string of the molecule is CC1CCCC1C(=O)NCC(O)C(=O)O. The lowest BCUT2D eigenvalue weighted by atomic mass is 9.97. The number of aliphatic hydroxyl groups excluding tert-OH is 1. The van der Waals surface area contributed by atoms with Crippen LogP contribution < -0.4 is 5.32 Å². The van der Waals surface area contributed by atoms with Crippen LogP contribution >= 0.6 is 0 Å². The van der Waals surface area contributed by atoms with Crippen molar-refractivity contribution in [3.05, 3.63) is 0 Å². The highest BCUT2D eigenvalue weighted by Gasteiger charge is 2.29. The molecular formula is C10H17NO4. The number of carbonyl (C=O) groups is 2. The van der Waals surface area contributed by atoms with Crippen LogP contribution in [-0.4, -0.2) is 34.7 Å². The van der Waals surface area contributed by atoms with Crippen molar-refractivity contribution in [2.45, 2.75) is 32.3 Å². The maximum Gasteiger partial charge on any atom is 0.334 e. The number of amides is 1. The average molecular weight is 215 g/mol. The zero-order chi connectivity index (χ0) is 11.4. The van der Waals surface area contributed by atoms with Gasteiger partial charge in [-0.1, -0.05) is 13.3 Å². The molecule has 5 nitrogen and oxygen atoms in total. The van der Waals surface area contributed by atoms with E-state index in [4.69, 9.17) is 10.2 Å². The van der Waals surface area contributed by atoms with Gasteiger partial charge in [-0.15, -0.1) is 0 Å². The Hall–Kier alpha value is -1.10. The third kappa shape index (κ3) is 3.20. The summed E-state index contributed by atoms with van der Waals surface area (Å²) in [6.45, 7) is 1.81. The Bertz CT molecular complexity index is 254. The number of hydrogen-bond donors (Lipinski definition) is 3. The molecule has 0 bridgehead atoms. The molecule has 0 aromatic heterocycles. The highest BCUT2D eigenvalue weighted by molar-refractivity contribution is 5.80. The molecule has 3 unspecified atom stereocenters. The second-order valence-corrected chi connectivity index (χ2v) is 4.11. The predicted molar refractivity (Wildman–Crippen MR) is 53.2 cm³/mol. The quantitative estimate of drug-likeness (QED) is 0.615. The molecule has 0 spiro atoms. The number of carbonyl (C=O) groups excluding carboxylic acids is 1. The summed E-state index contributed by atoms with van der Waals surface area (Å²) in [7, 11) is 0. The first-order chi connectivity index (χ1) is 7.02. The molecule has 0 aromatic carbocycles. The van der Waals surface area contributed by atoms with E-state index in [9.17, 15) is 9.59 Å². The lowest BCUT2D eigenvalue weighted by Crippen LogP contribution is -2.40. The number of hydrogen-bond acceptors (Lipinski definition) is 3. The zero-order valence-electron chi connectivity index (χ0n) is 8.77. The van der Waals surface area contributed by atoms with Gasteiger partial charge in [0.25, 0.3) is 0 Å². The summed E-state index contributed by atoms with van der Waals surface area (Å²) in [6.07, 6.45) is 1.43. The first kappa shape index (κ1) is 12.0. The summed E-state index contributed by atoms with van der Waals surface area (Å²) < 4.78 is 0. The first-order valence-electron chi connectivity index (χ1n) is 5.21. The number of rotatable bonds is 4. The Kier molecular flexibility index (Phi) is 4.08. The molecule has 0 saturated heterocycles. The number of aliphatic hydroxyl groups is 1. The van der Waals surface area contributed by atoms with Crippen molar-refractivity contribution in [3.63, 3.8) is 0 Å². The summed E-state index contributed by atoms with van der Waals surface area (Å²) in [5.41, 5.74) is 0. The van der Waals surface area contributed by atoms with Crippen molar-refractivity contribution >= 4 is 11.9 Å². The standard InChI is InChI=1S/C10H17NO4/c1-6-3-2-4-7(6)9(13)11-5-8(12)10(14)15/h6-8,12H,2-5H2,1H3,(H,11,13)(H,14,15). The van der Waals surface area contributed by atoms with Gasteiger partial charge < -0.3 is 15.5 Å². The van der Waals surface area contributed by atoms with E-state index in [1.165, 1.54) is 0 Å². The molecule has 0 aromatic rings. The van der Waals surface area contributed by atoms with Crippen molar-refractivity contribution < 1.29 is 19.8 Å². The van der Waals surface area contributed by atoms with E-state index >= 15 is 0 Å². The van der Waals surface area contributed by atoms with Gasteiger partial charge in [0.1, 0.15) is 0 Å². The van der Waals surface area contributed by atoms with Gasteiger partial charge in [-0.25, -0.2) is 4.79 Å². The summed E-state index contributed by atoms with van der Waals surface area (Å²) in [6, 6.07) is 0. The van der Waals surface area contributed by atoms with Crippen LogP contribution in [0.25, 0.3) is 0 Å². The van der Waals surface area contributed by atoms with E-state index in [1.54, 1.807) is 0 Å². The van der Waals surface area contributed by atoms with Crippen LogP contribution in [0.1, 0.15) is 26.2 Å². The minimum Gasteiger partial charge on any atom is -0.479 e. The smallest absolute Gasteiger partial charge is 0.334 e. The van der Waals surface area contributed by atoms with Crippen LogP contribution in [0.4, 0.5) is 0 Å². The molecule has 1 fully saturated rings. The molecule has 86 valence electrons. The second kappa shape index (κ2) is 5.11. The van der Waals surface area contributed by atoms with Crippen LogP contribution in [0, 0.1) is 11.8 Å². The summed E-state index contributed by atoms with van der Waals surface area (Å²) >= 11 is 0. The highest BCUT2D eigenvalue weighted by atomic mass is 16.4. The maximum atomic E-state index is 11.6. The molecule has 3 N–H and O–H groups in total. The van der Waals surface area contributed by atoms with Gasteiger partial charge in [-0.2, -0.15) is 0 Å². The van der Waals surface area contributed by atoms with Crippen molar-refractivity contribution in [1.82, 2.24) is 5.32 Å². The van der Waals surface area contributed by atoms with Crippen LogP contribution in [-0.2, 0) is 9.59 Å². The lowest BCUT2D eigenvalue weighted by Gasteiger charge is -2.15. The van der Waals surface area contributed by atoms with Gasteiger partial charge in [0, 0.05) is 5.92 Å². The summed E-state index contributed by atoms with van der Waals surface area (Å²) in [4.78, 5) is 21.9. The normalized spacial score (nSPS) is 27.3. The number of aliphatic carboxylic acids is 1. The van der Waals surface area contributed by atoms with E-state index < -0.39 is 12.1 Å². The van der Waals surface area contributed by atoms with E-state index in [0.717, 1.165) is 19.3 Å². The van der Waals surface area contributed by atoms with Gasteiger partial charge >= 0.3 is 5.97 Å². The number of carboxylic acid groups (broad SMARTS) is 1. The van der Waals surface area contributed by atoms with Crippen molar-refractivity contribution in [3.8, 4) is 0 Å². The Labute approximate surface area is 88.5 Å². The Balaban J connectivity index is 2.32. The third-order valence-corrected chi connectivity index (χ3v) is 2.95. The van der Waals surface area contributed by atoms with Crippen molar-refractivity contribution in [1.29, 1.82) is 0 Å². The molecular weight excluding hydrogens is 198 g/mol. The van der Waals surface area contributed by atoms with Crippen LogP contribution in [0.5, 0.6) is 0 Å². The van der Waals surface area contributed by atoms with Gasteiger partial charge in [-0.3, -0.25) is 4.79 Å². The highest BCUT2D eigenvalue weighted by Crippen LogP contribution is 2.30. The fourth-order valence-electron chi connectivity index (χ4n) is 1.95. The number of nitrogens with one attached hydrogen (secondary N) is 1. The molecule has 1 rings (SSSR count). The third-order valence-electron chi connectivity index (χ3n) is 2.95. The Morgan fingerprint density at radius 2 is 2.13 bits per heavy atom. The van der Waals surface area contributed by atoms with Gasteiger partial charge in [0.2, 0.25) is 5.91 Å². The minimum atomic E-state index is -1.51. The van der Waals surface area contributed by atoms with Crippen LogP contribution in [0.15, 0.2) is 0 Å². The maximum absolute atomic E-state index is 11.6. The van der Waals surface area contributed by atoms with E-state index in [0.29, 0.717) is 5.92 Å². The molecule has 5 heteroatoms. The average Bonchev–Trinajstić information content (AvgIpc) is 2.60. The molecule has 1 amide bonds. The second-order valence-electron chi connectivity index (χ2n) is 4.11. The van der Waals surface area contributed by atoms with Crippen LogP contribution in [0.2, 0.25) is 0 Å². The molecule has 0 aliphatic heterocycles. The minimum absolute atomic E-state index is 0.0222. The van der Waals surface area contributed by atoms with Crippen molar-refractivity contribution in [2.75, 3.05) is 6.54 Å². The van der Waals surface area contributed by atoms with Gasteiger partial charge in [0.15, 0.2) is 6.10 Å². The van der Waals surface area contributed by atoms with Crippen molar-refractivity contribution in [2.24, 2.45) is 11.8 Å². The first-order valence-corrected chi connectivity index (χ1v) is 5.21. The zero-order valence-corrected chi connectivity index (χ0v) is 8.77. The van der Waals surface area contributed by atoms with Gasteiger partial charge in [0.05, 0.1) is 6.54 Å². The number of carboxylic acids is 1. The lowest BCUT2D eigenvalue weighted by molar-refractivity contribution is -0.146. The molecule has 0 radical (unpaired) electrons. The Morgan fingerprint density at radius 3 is 2.60 bits per heavy atom. The fraction of sp³-hybridized carbons (Fsp3) is 0.800. The van der Waals surface area contributed by atoms with E-state index in [-0.39, 0.29) is 18.4 Å². The summed E-state index contributed by atoms with van der Waals surface area (Å²) in [5, 5.41) is 19.8. The predicted octanol–water partition coefficient (Wildman–Crippen LogP) is -0.0157. The van der Waals surface area contributed by atoms with Crippen LogP contribution in [0.3, 0.4) is 0 Å². The topological polar surface area (TPSA) is 86.6 Å². The Morgan fingerprint density at radius 1 is 1.47 bits per heavy atom. The molecule has 15 heavy (non-hydrogen) atoms. The monoisotopic (exact) mass is 215 g/mol.